The third-order valence-corrected chi connectivity index (χ3v) is 9.57. The van der Waals surface area contributed by atoms with E-state index in [-0.39, 0.29) is 18.6 Å². The molecule has 0 spiro atoms. The molecule has 0 aliphatic rings. The van der Waals surface area contributed by atoms with Gasteiger partial charge in [0.25, 0.3) is 0 Å². The Morgan fingerprint density at radius 3 is 1.21 bits per heavy atom. The topological polar surface area (TPSA) is 101 Å². The second-order valence-electron chi connectivity index (χ2n) is 13.2. The highest BCUT2D eigenvalue weighted by atomic mass is 16.3. The van der Waals surface area contributed by atoms with Crippen molar-refractivity contribution >= 4 is 11.7 Å². The van der Waals surface area contributed by atoms with Crippen LogP contribution in [0.4, 0.5) is 0 Å². The van der Waals surface area contributed by atoms with Crippen LogP contribution >= 0.6 is 0 Å². The maximum atomic E-state index is 13.7. The fourth-order valence-corrected chi connectivity index (χ4v) is 6.83. The minimum atomic E-state index is -1.71. The zero-order chi connectivity index (χ0) is 31.5. The fraction of sp³-hybridized carbons (Fsp3) is 0.946. The number of amides is 1. The Kier molecular flexibility index (Phi) is 27.0. The highest BCUT2D eigenvalue weighted by Gasteiger charge is 2.55. The predicted octanol–water partition coefficient (Wildman–Crippen LogP) is 9.98. The van der Waals surface area contributed by atoms with Crippen molar-refractivity contribution in [2.24, 2.45) is 17.1 Å². The van der Waals surface area contributed by atoms with E-state index in [0.29, 0.717) is 12.8 Å². The number of carbonyl (C=O) groups excluding carboxylic acids is 2. The van der Waals surface area contributed by atoms with Gasteiger partial charge in [0, 0.05) is 12.3 Å². The van der Waals surface area contributed by atoms with E-state index < -0.39 is 29.4 Å². The zero-order valence-electron chi connectivity index (χ0n) is 28.6. The second kappa shape index (κ2) is 27.6. The summed E-state index contributed by atoms with van der Waals surface area (Å²) in [4.78, 5) is 26.7. The number of unbranched alkanes of at least 4 members (excludes halogenated alkanes) is 22. The van der Waals surface area contributed by atoms with Crippen molar-refractivity contribution in [2.45, 2.75) is 213 Å². The number of aliphatic hydroxyl groups excluding tert-OH is 2. The van der Waals surface area contributed by atoms with Crippen molar-refractivity contribution in [2.75, 3.05) is 0 Å². The highest BCUT2D eigenvalue weighted by Crippen LogP contribution is 2.41. The molecule has 4 atom stereocenters. The van der Waals surface area contributed by atoms with Gasteiger partial charge in [-0.3, -0.25) is 9.59 Å². The Morgan fingerprint density at radius 1 is 0.571 bits per heavy atom. The van der Waals surface area contributed by atoms with Crippen LogP contribution in [-0.4, -0.2) is 34.1 Å². The monoisotopic (exact) mass is 596 g/mol. The molecule has 0 aromatic rings. The quantitative estimate of drug-likeness (QED) is 0.0532. The maximum absolute atomic E-state index is 13.7. The molecule has 0 fully saturated rings. The fourth-order valence-electron chi connectivity index (χ4n) is 6.83. The van der Waals surface area contributed by atoms with Crippen molar-refractivity contribution in [3.05, 3.63) is 0 Å². The summed E-state index contributed by atoms with van der Waals surface area (Å²) in [6.07, 6.45) is 28.1. The average molecular weight is 596 g/mol. The van der Waals surface area contributed by atoms with Crippen LogP contribution in [0.15, 0.2) is 0 Å². The van der Waals surface area contributed by atoms with E-state index in [9.17, 15) is 19.8 Å². The van der Waals surface area contributed by atoms with E-state index in [4.69, 9.17) is 5.73 Å². The van der Waals surface area contributed by atoms with E-state index >= 15 is 0 Å². The molecule has 4 N–H and O–H groups in total. The van der Waals surface area contributed by atoms with Gasteiger partial charge < -0.3 is 15.9 Å². The molecule has 250 valence electrons. The summed E-state index contributed by atoms with van der Waals surface area (Å²) >= 11 is 0. The van der Waals surface area contributed by atoms with Crippen LogP contribution < -0.4 is 5.73 Å². The number of hydrogen-bond acceptors (Lipinski definition) is 4. The van der Waals surface area contributed by atoms with Crippen molar-refractivity contribution in [1.82, 2.24) is 0 Å². The van der Waals surface area contributed by atoms with E-state index in [2.05, 4.69) is 13.8 Å². The minimum Gasteiger partial charge on any atom is -0.393 e. The van der Waals surface area contributed by atoms with Crippen LogP contribution in [-0.2, 0) is 9.59 Å². The van der Waals surface area contributed by atoms with Gasteiger partial charge in [-0.15, -0.1) is 0 Å². The summed E-state index contributed by atoms with van der Waals surface area (Å²) in [6, 6.07) is 0. The Bertz CT molecular complexity index is 637. The molecular weight excluding hydrogens is 522 g/mol. The molecule has 0 aliphatic carbocycles. The number of primary amides is 1. The number of hydrogen-bond donors (Lipinski definition) is 3. The molecule has 0 aromatic heterocycles. The van der Waals surface area contributed by atoms with Crippen LogP contribution in [0.1, 0.15) is 201 Å². The lowest BCUT2D eigenvalue weighted by atomic mass is 9.62. The van der Waals surface area contributed by atoms with Gasteiger partial charge in [0.15, 0.2) is 5.78 Å². The molecule has 1 amide bonds. The molecule has 0 aromatic carbocycles. The molecule has 0 bridgehead atoms. The predicted molar refractivity (Wildman–Crippen MR) is 179 cm³/mol. The van der Waals surface area contributed by atoms with Crippen molar-refractivity contribution in [1.29, 1.82) is 0 Å². The summed E-state index contributed by atoms with van der Waals surface area (Å²) in [5.41, 5.74) is 4.22. The molecule has 42 heavy (non-hydrogen) atoms. The molecule has 0 rings (SSSR count). The molecule has 0 saturated carbocycles. The van der Waals surface area contributed by atoms with E-state index in [1.165, 1.54) is 116 Å². The zero-order valence-corrected chi connectivity index (χ0v) is 28.6. The summed E-state index contributed by atoms with van der Waals surface area (Å²) < 4.78 is 0. The first-order valence-electron chi connectivity index (χ1n) is 18.5. The molecule has 0 saturated heterocycles. The first-order valence-corrected chi connectivity index (χ1v) is 18.5. The van der Waals surface area contributed by atoms with Crippen LogP contribution in [0.5, 0.6) is 0 Å². The number of nitrogens with two attached hydrogens (primary N) is 1. The lowest BCUT2D eigenvalue weighted by Gasteiger charge is -2.42. The Balaban J connectivity index is 4.65. The van der Waals surface area contributed by atoms with Crippen molar-refractivity contribution in [3.8, 4) is 0 Å². The normalized spacial score (nSPS) is 15.3. The number of ketones is 1. The van der Waals surface area contributed by atoms with Crippen LogP contribution in [0.25, 0.3) is 0 Å². The minimum absolute atomic E-state index is 0.235. The maximum Gasteiger partial charge on any atom is 0.234 e. The number of carbonyl (C=O) groups is 2. The van der Waals surface area contributed by atoms with E-state index in [1.807, 2.05) is 0 Å². The third-order valence-electron chi connectivity index (χ3n) is 9.57. The van der Waals surface area contributed by atoms with Gasteiger partial charge in [-0.1, -0.05) is 168 Å². The molecule has 4 unspecified atom stereocenters. The number of Topliss-reactive ketones (excluding diaryl/α,β-unsaturated/α-hetero) is 1. The first kappa shape index (κ1) is 41.1. The lowest BCUT2D eigenvalue weighted by Crippen LogP contribution is -2.59. The Hall–Kier alpha value is -0.940. The van der Waals surface area contributed by atoms with Gasteiger partial charge in [-0.05, 0) is 26.2 Å². The van der Waals surface area contributed by atoms with Crippen molar-refractivity contribution < 1.29 is 19.8 Å². The highest BCUT2D eigenvalue weighted by molar-refractivity contribution is 6.06. The SMILES string of the molecule is CCCCCCCCCCCCCCCC(=O)C(C(N)=O)(C(O)CC)C(CCCCCCCCCCCCC)C(C)O. The molecule has 5 heteroatoms. The lowest BCUT2D eigenvalue weighted by molar-refractivity contribution is -0.160. The Labute approximate surface area is 261 Å². The van der Waals surface area contributed by atoms with Gasteiger partial charge in [0.1, 0.15) is 5.41 Å². The summed E-state index contributed by atoms with van der Waals surface area (Å²) in [5.74, 6) is -1.70. The molecular formula is C37H73NO4. The molecule has 0 aliphatic heterocycles. The van der Waals surface area contributed by atoms with Gasteiger partial charge in [-0.25, -0.2) is 0 Å². The van der Waals surface area contributed by atoms with Crippen LogP contribution in [0.3, 0.4) is 0 Å². The number of aliphatic hydroxyl groups is 2. The van der Waals surface area contributed by atoms with Gasteiger partial charge in [0.2, 0.25) is 5.91 Å². The average Bonchev–Trinajstić information content (AvgIpc) is 2.96. The van der Waals surface area contributed by atoms with Crippen molar-refractivity contribution in [3.63, 3.8) is 0 Å². The van der Waals surface area contributed by atoms with Gasteiger partial charge >= 0.3 is 0 Å². The molecule has 0 heterocycles. The summed E-state index contributed by atoms with van der Waals surface area (Å²) in [7, 11) is 0. The van der Waals surface area contributed by atoms with Gasteiger partial charge in [0.05, 0.1) is 12.2 Å². The third kappa shape index (κ3) is 17.4. The smallest absolute Gasteiger partial charge is 0.234 e. The molecule has 0 radical (unpaired) electrons. The second-order valence-corrected chi connectivity index (χ2v) is 13.2. The van der Waals surface area contributed by atoms with Gasteiger partial charge in [-0.2, -0.15) is 0 Å². The standard InChI is InChI=1S/C37H73NO4/c1-5-8-10-12-14-16-18-19-21-23-25-27-29-31-35(41)37(36(38)42,34(40)7-3)33(32(4)39)30-28-26-24-22-20-17-15-13-11-9-6-2/h32-34,39-40H,5-31H2,1-4H3,(H2,38,42). The van der Waals surface area contributed by atoms with E-state index in [1.54, 1.807) is 13.8 Å². The largest absolute Gasteiger partial charge is 0.393 e. The molecule has 5 nitrogen and oxygen atoms in total. The first-order chi connectivity index (χ1) is 20.3. The van der Waals surface area contributed by atoms with Crippen LogP contribution in [0, 0.1) is 11.3 Å². The Morgan fingerprint density at radius 2 is 0.905 bits per heavy atom. The van der Waals surface area contributed by atoms with E-state index in [0.717, 1.165) is 32.1 Å². The number of rotatable bonds is 32. The van der Waals surface area contributed by atoms with Crippen LogP contribution in [0.2, 0.25) is 0 Å². The summed E-state index contributed by atoms with van der Waals surface area (Å²) in [6.45, 7) is 7.92. The summed E-state index contributed by atoms with van der Waals surface area (Å²) in [5, 5.41) is 21.8.